The van der Waals surface area contributed by atoms with Crippen LogP contribution in [-0.4, -0.2) is 45.7 Å². The van der Waals surface area contributed by atoms with Crippen molar-refractivity contribution in [2.24, 2.45) is 11.8 Å². The van der Waals surface area contributed by atoms with Crippen LogP contribution in [0.3, 0.4) is 0 Å². The van der Waals surface area contributed by atoms with Gasteiger partial charge in [-0.1, -0.05) is 45.8 Å². The van der Waals surface area contributed by atoms with E-state index in [1.807, 2.05) is 41.5 Å². The average molecular weight is 454 g/mol. The molecule has 0 radical (unpaired) electrons. The second-order valence-corrected chi connectivity index (χ2v) is 10.8. The Labute approximate surface area is 193 Å². The molecule has 3 unspecified atom stereocenters. The summed E-state index contributed by atoms with van der Waals surface area (Å²) in [6.07, 6.45) is 0.649. The maximum atomic E-state index is 12.5. The van der Waals surface area contributed by atoms with Crippen molar-refractivity contribution < 1.29 is 19.5 Å². The van der Waals surface area contributed by atoms with Crippen molar-refractivity contribution in [1.82, 2.24) is 5.32 Å². The molecule has 0 aromatic carbocycles. The maximum Gasteiger partial charge on any atom is 0.321 e. The zero-order valence-electron chi connectivity index (χ0n) is 21.1. The molecule has 0 aliphatic rings. The molecule has 0 heterocycles. The molecule has 0 saturated carbocycles. The largest absolute Gasteiger partial charge is 0.480 e. The van der Waals surface area contributed by atoms with Gasteiger partial charge in [-0.25, -0.2) is 0 Å². The van der Waals surface area contributed by atoms with E-state index in [-0.39, 0.29) is 29.3 Å². The Kier molecular flexibility index (Phi) is 13.3. The van der Waals surface area contributed by atoms with Crippen LogP contribution in [0.1, 0.15) is 82.1 Å². The second-order valence-electron chi connectivity index (χ2n) is 9.28. The standard InChI is InChI=1S/C25H43NO4S/c1-14(2)18(7)20(9)23(27)11-16(5)26-22(25(29)30)13-31-17(6)12-24(28)21(10)19(8)15(3)4/h14-17,22,26H,11-13H2,1-10H3,(H,29,30)/b20-18+,21-19+. The Morgan fingerprint density at radius 3 is 1.58 bits per heavy atom. The molecule has 0 rings (SSSR count). The lowest BCUT2D eigenvalue weighted by Gasteiger charge is -2.22. The summed E-state index contributed by atoms with van der Waals surface area (Å²) < 4.78 is 0. The number of hydrogen-bond acceptors (Lipinski definition) is 5. The van der Waals surface area contributed by atoms with Gasteiger partial charge in [0.05, 0.1) is 0 Å². The zero-order chi connectivity index (χ0) is 24.5. The Morgan fingerprint density at radius 2 is 1.19 bits per heavy atom. The number of carboxylic acid groups (broad SMARTS) is 1. The van der Waals surface area contributed by atoms with Crippen molar-refractivity contribution in [3.8, 4) is 0 Å². The fourth-order valence-corrected chi connectivity index (χ4v) is 4.09. The summed E-state index contributed by atoms with van der Waals surface area (Å²) >= 11 is 1.47. The molecule has 0 aliphatic carbocycles. The highest BCUT2D eigenvalue weighted by atomic mass is 32.2. The van der Waals surface area contributed by atoms with Crippen LogP contribution in [0.4, 0.5) is 0 Å². The van der Waals surface area contributed by atoms with Crippen LogP contribution >= 0.6 is 11.8 Å². The van der Waals surface area contributed by atoms with Gasteiger partial charge in [0.25, 0.3) is 0 Å². The average Bonchev–Trinajstić information content (AvgIpc) is 2.67. The van der Waals surface area contributed by atoms with E-state index in [4.69, 9.17) is 0 Å². The van der Waals surface area contributed by atoms with Crippen molar-refractivity contribution in [2.75, 3.05) is 5.75 Å². The summed E-state index contributed by atoms with van der Waals surface area (Å²) in [7, 11) is 0. The van der Waals surface area contributed by atoms with E-state index in [0.29, 0.717) is 24.0 Å². The SMILES string of the molecule is C/C(C(=O)CC(C)NC(CSC(C)CC(=O)/C(C)=C(\C)C(C)C)C(=O)O)=C(/C)C(C)C. The fourth-order valence-electron chi connectivity index (χ4n) is 3.06. The third kappa shape index (κ3) is 10.6. The number of carbonyl (C=O) groups is 3. The molecule has 0 aromatic heterocycles. The molecule has 0 fully saturated rings. The van der Waals surface area contributed by atoms with Gasteiger partial charge in [0, 0.05) is 29.9 Å². The number of carboxylic acids is 1. The lowest BCUT2D eigenvalue weighted by Crippen LogP contribution is -2.45. The summed E-state index contributed by atoms with van der Waals surface area (Å²) in [6.45, 7) is 19.7. The predicted molar refractivity (Wildman–Crippen MR) is 132 cm³/mol. The summed E-state index contributed by atoms with van der Waals surface area (Å²) in [6, 6.07) is -1.02. The molecule has 31 heavy (non-hydrogen) atoms. The van der Waals surface area contributed by atoms with Gasteiger partial charge < -0.3 is 10.4 Å². The molecule has 0 aromatic rings. The lowest BCUT2D eigenvalue weighted by molar-refractivity contribution is -0.139. The third-order valence-corrected chi connectivity index (χ3v) is 7.31. The minimum Gasteiger partial charge on any atom is -0.480 e. The smallest absolute Gasteiger partial charge is 0.321 e. The number of ketones is 2. The van der Waals surface area contributed by atoms with E-state index in [0.717, 1.165) is 22.3 Å². The number of Topliss-reactive ketones (excluding diaryl/α,β-unsaturated/α-hetero) is 2. The van der Waals surface area contributed by atoms with E-state index in [1.54, 1.807) is 0 Å². The van der Waals surface area contributed by atoms with Crippen molar-refractivity contribution in [1.29, 1.82) is 0 Å². The van der Waals surface area contributed by atoms with Crippen LogP contribution in [-0.2, 0) is 14.4 Å². The minimum atomic E-state index is -0.942. The molecule has 5 nitrogen and oxygen atoms in total. The quantitative estimate of drug-likeness (QED) is 0.341. The van der Waals surface area contributed by atoms with Crippen LogP contribution in [0.25, 0.3) is 0 Å². The normalized spacial score (nSPS) is 16.5. The van der Waals surface area contributed by atoms with Crippen LogP contribution in [0.5, 0.6) is 0 Å². The molecule has 3 atom stereocenters. The molecule has 0 saturated heterocycles. The molecule has 2 N–H and O–H groups in total. The Balaban J connectivity index is 4.87. The van der Waals surface area contributed by atoms with Gasteiger partial charge in [-0.3, -0.25) is 14.4 Å². The first kappa shape index (κ1) is 29.6. The van der Waals surface area contributed by atoms with Gasteiger partial charge in [-0.15, -0.1) is 0 Å². The van der Waals surface area contributed by atoms with E-state index < -0.39 is 12.0 Å². The predicted octanol–water partition coefficient (Wildman–Crippen LogP) is 5.44. The van der Waals surface area contributed by atoms with Crippen LogP contribution < -0.4 is 5.32 Å². The summed E-state index contributed by atoms with van der Waals surface area (Å²) in [5.74, 6) is 0.204. The number of thioether (sulfide) groups is 1. The van der Waals surface area contributed by atoms with E-state index in [1.165, 1.54) is 11.8 Å². The summed E-state index contributed by atoms with van der Waals surface area (Å²) in [4.78, 5) is 36.7. The Bertz CT molecular complexity index is 706. The molecule has 0 bridgehead atoms. The zero-order valence-corrected chi connectivity index (χ0v) is 21.9. The van der Waals surface area contributed by atoms with E-state index in [2.05, 4.69) is 33.0 Å². The monoisotopic (exact) mass is 453 g/mol. The van der Waals surface area contributed by atoms with Gasteiger partial charge in [-0.2, -0.15) is 11.8 Å². The van der Waals surface area contributed by atoms with Crippen molar-refractivity contribution >= 4 is 29.3 Å². The van der Waals surface area contributed by atoms with Gasteiger partial charge in [0.2, 0.25) is 0 Å². The van der Waals surface area contributed by atoms with Gasteiger partial charge in [-0.05, 0) is 57.6 Å². The number of aliphatic carboxylic acids is 1. The highest BCUT2D eigenvalue weighted by Crippen LogP contribution is 2.21. The lowest BCUT2D eigenvalue weighted by atomic mass is 9.95. The van der Waals surface area contributed by atoms with Gasteiger partial charge in [0.15, 0.2) is 11.6 Å². The Hall–Kier alpha value is -1.40. The third-order valence-electron chi connectivity index (χ3n) is 6.05. The van der Waals surface area contributed by atoms with Crippen LogP contribution in [0, 0.1) is 11.8 Å². The molecule has 0 aliphatic heterocycles. The summed E-state index contributed by atoms with van der Waals surface area (Å²) in [5, 5.41) is 12.7. The second kappa shape index (κ2) is 13.9. The first-order chi connectivity index (χ1) is 14.2. The molecule has 0 amide bonds. The highest BCUT2D eigenvalue weighted by molar-refractivity contribution is 7.99. The number of carbonyl (C=O) groups excluding carboxylic acids is 2. The maximum absolute atomic E-state index is 12.5. The number of hydrogen-bond donors (Lipinski definition) is 2. The van der Waals surface area contributed by atoms with E-state index >= 15 is 0 Å². The van der Waals surface area contributed by atoms with Crippen LogP contribution in [0.15, 0.2) is 22.3 Å². The first-order valence-electron chi connectivity index (χ1n) is 11.2. The highest BCUT2D eigenvalue weighted by Gasteiger charge is 2.23. The van der Waals surface area contributed by atoms with Crippen molar-refractivity contribution in [3.63, 3.8) is 0 Å². The summed E-state index contributed by atoms with van der Waals surface area (Å²) in [5.41, 5.74) is 3.74. The topological polar surface area (TPSA) is 83.5 Å². The number of allylic oxidation sites excluding steroid dienone is 4. The molecule has 6 heteroatoms. The molecule has 178 valence electrons. The minimum absolute atomic E-state index is 0.0156. The van der Waals surface area contributed by atoms with Crippen molar-refractivity contribution in [3.05, 3.63) is 22.3 Å². The van der Waals surface area contributed by atoms with Crippen molar-refractivity contribution in [2.45, 2.75) is 99.4 Å². The van der Waals surface area contributed by atoms with Gasteiger partial charge in [0.1, 0.15) is 6.04 Å². The first-order valence-corrected chi connectivity index (χ1v) is 12.2. The number of rotatable bonds is 14. The molecular formula is C25H43NO4S. The van der Waals surface area contributed by atoms with E-state index in [9.17, 15) is 19.5 Å². The molecule has 0 spiro atoms. The number of nitrogens with one attached hydrogen (secondary N) is 1. The fraction of sp³-hybridized carbons (Fsp3) is 0.720. The van der Waals surface area contributed by atoms with Gasteiger partial charge >= 0.3 is 5.97 Å². The van der Waals surface area contributed by atoms with Crippen LogP contribution in [0.2, 0.25) is 0 Å². The Morgan fingerprint density at radius 1 is 0.774 bits per heavy atom. The molecular weight excluding hydrogens is 410 g/mol.